The maximum Gasteiger partial charge on any atom is 0.248 e. The highest BCUT2D eigenvalue weighted by molar-refractivity contribution is 5.99. The Labute approximate surface area is 96.4 Å². The van der Waals surface area contributed by atoms with Crippen LogP contribution >= 0.6 is 0 Å². The fourth-order valence-electron chi connectivity index (χ4n) is 2.22. The number of anilines is 1. The minimum atomic E-state index is -0.0403. The highest BCUT2D eigenvalue weighted by atomic mass is 16.1. The number of hydrogen-bond donors (Lipinski definition) is 1. The molecular formula is C14H17NO. The second kappa shape index (κ2) is 4.97. The summed E-state index contributed by atoms with van der Waals surface area (Å²) in [5.41, 5.74) is 3.71. The molecule has 2 heteroatoms. The van der Waals surface area contributed by atoms with E-state index in [0.29, 0.717) is 0 Å². The summed E-state index contributed by atoms with van der Waals surface area (Å²) in [6, 6.07) is 6.18. The van der Waals surface area contributed by atoms with E-state index in [1.807, 2.05) is 19.1 Å². The quantitative estimate of drug-likeness (QED) is 0.755. The number of fused-ring (bicyclic) bond motifs is 1. The Morgan fingerprint density at radius 1 is 1.31 bits per heavy atom. The molecule has 2 nitrogen and oxygen atoms in total. The normalized spacial score (nSPS) is 14.8. The minimum Gasteiger partial charge on any atom is -0.322 e. The lowest BCUT2D eigenvalue weighted by Crippen LogP contribution is -2.12. The van der Waals surface area contributed by atoms with Crippen LogP contribution in [0, 0.1) is 0 Å². The molecule has 0 bridgehead atoms. The number of hydrogen-bond acceptors (Lipinski definition) is 1. The topological polar surface area (TPSA) is 29.1 Å². The van der Waals surface area contributed by atoms with Crippen molar-refractivity contribution in [2.24, 2.45) is 0 Å². The molecule has 0 aromatic heterocycles. The monoisotopic (exact) mass is 215 g/mol. The molecule has 1 aromatic carbocycles. The molecule has 0 aliphatic heterocycles. The molecule has 0 heterocycles. The van der Waals surface area contributed by atoms with Crippen LogP contribution in [-0.2, 0) is 17.6 Å². The summed E-state index contributed by atoms with van der Waals surface area (Å²) in [7, 11) is 0. The van der Waals surface area contributed by atoms with E-state index in [-0.39, 0.29) is 5.91 Å². The van der Waals surface area contributed by atoms with Gasteiger partial charge in [-0.15, -0.1) is 0 Å². The summed E-state index contributed by atoms with van der Waals surface area (Å²) in [6.45, 7) is 1.85. The van der Waals surface area contributed by atoms with E-state index in [9.17, 15) is 4.79 Å². The third kappa shape index (κ3) is 2.32. The maximum absolute atomic E-state index is 11.5. The first-order valence-corrected chi connectivity index (χ1v) is 5.85. The van der Waals surface area contributed by atoms with Gasteiger partial charge in [0.1, 0.15) is 0 Å². The molecule has 1 aliphatic carbocycles. The van der Waals surface area contributed by atoms with Gasteiger partial charge in [0.15, 0.2) is 0 Å². The summed E-state index contributed by atoms with van der Waals surface area (Å²) >= 11 is 0. The molecule has 1 N–H and O–H groups in total. The van der Waals surface area contributed by atoms with Crippen molar-refractivity contribution in [2.75, 3.05) is 5.32 Å². The smallest absolute Gasteiger partial charge is 0.248 e. The number of amides is 1. The van der Waals surface area contributed by atoms with E-state index in [1.165, 1.54) is 24.0 Å². The van der Waals surface area contributed by atoms with Gasteiger partial charge < -0.3 is 5.32 Å². The van der Waals surface area contributed by atoms with Crippen molar-refractivity contribution in [1.82, 2.24) is 0 Å². The van der Waals surface area contributed by atoms with Gasteiger partial charge in [0.05, 0.1) is 0 Å². The van der Waals surface area contributed by atoms with Crippen LogP contribution in [-0.4, -0.2) is 5.91 Å². The van der Waals surface area contributed by atoms with Crippen molar-refractivity contribution >= 4 is 11.6 Å². The number of benzene rings is 1. The number of rotatable bonds is 2. The zero-order valence-corrected chi connectivity index (χ0v) is 9.62. The fraction of sp³-hybridized carbons (Fsp3) is 0.357. The van der Waals surface area contributed by atoms with Crippen LogP contribution in [0.2, 0.25) is 0 Å². The van der Waals surface area contributed by atoms with Crippen molar-refractivity contribution in [1.29, 1.82) is 0 Å². The minimum absolute atomic E-state index is 0.0403. The highest BCUT2D eigenvalue weighted by Gasteiger charge is 2.13. The van der Waals surface area contributed by atoms with Gasteiger partial charge in [0.2, 0.25) is 5.91 Å². The predicted octanol–water partition coefficient (Wildman–Crippen LogP) is 3.08. The van der Waals surface area contributed by atoms with Crippen molar-refractivity contribution in [3.63, 3.8) is 0 Å². The molecule has 2 rings (SSSR count). The van der Waals surface area contributed by atoms with E-state index in [1.54, 1.807) is 12.2 Å². The summed E-state index contributed by atoms with van der Waals surface area (Å²) in [6.07, 6.45) is 8.03. The average molecular weight is 215 g/mol. The maximum atomic E-state index is 11.5. The molecule has 1 amide bonds. The number of carbonyl (C=O) groups is 1. The average Bonchev–Trinajstić information content (AvgIpc) is 2.30. The van der Waals surface area contributed by atoms with Gasteiger partial charge in [-0.2, -0.15) is 0 Å². The van der Waals surface area contributed by atoms with Crippen LogP contribution in [0.15, 0.2) is 30.4 Å². The molecule has 0 atom stereocenters. The molecule has 1 aromatic rings. The van der Waals surface area contributed by atoms with E-state index < -0.39 is 0 Å². The SMILES string of the molecule is CC=CC(=O)Nc1cccc2c1CCCC2. The lowest BCUT2D eigenvalue weighted by Gasteiger charge is -2.19. The highest BCUT2D eigenvalue weighted by Crippen LogP contribution is 2.27. The van der Waals surface area contributed by atoms with E-state index >= 15 is 0 Å². The van der Waals surface area contributed by atoms with E-state index in [2.05, 4.69) is 11.4 Å². The van der Waals surface area contributed by atoms with Gasteiger partial charge in [-0.1, -0.05) is 18.2 Å². The van der Waals surface area contributed by atoms with Crippen molar-refractivity contribution in [3.8, 4) is 0 Å². The molecule has 0 unspecified atom stereocenters. The van der Waals surface area contributed by atoms with Crippen LogP contribution in [0.25, 0.3) is 0 Å². The van der Waals surface area contributed by atoms with Gasteiger partial charge in [0.25, 0.3) is 0 Å². The van der Waals surface area contributed by atoms with Crippen molar-refractivity contribution < 1.29 is 4.79 Å². The van der Waals surface area contributed by atoms with Crippen LogP contribution in [0.1, 0.15) is 30.9 Å². The molecule has 0 spiro atoms. The second-order valence-electron chi connectivity index (χ2n) is 4.14. The van der Waals surface area contributed by atoms with Gasteiger partial charge in [-0.3, -0.25) is 4.79 Å². The number of aryl methyl sites for hydroxylation is 1. The first-order valence-electron chi connectivity index (χ1n) is 5.85. The molecular weight excluding hydrogens is 198 g/mol. The summed E-state index contributed by atoms with van der Waals surface area (Å²) in [5.74, 6) is -0.0403. The summed E-state index contributed by atoms with van der Waals surface area (Å²) in [4.78, 5) is 11.5. The van der Waals surface area contributed by atoms with Crippen LogP contribution in [0.4, 0.5) is 5.69 Å². The molecule has 0 fully saturated rings. The van der Waals surface area contributed by atoms with E-state index in [0.717, 1.165) is 18.5 Å². The van der Waals surface area contributed by atoms with Crippen LogP contribution in [0.5, 0.6) is 0 Å². The first-order chi connectivity index (χ1) is 7.81. The number of nitrogens with one attached hydrogen (secondary N) is 1. The van der Waals surface area contributed by atoms with Gasteiger partial charge in [-0.25, -0.2) is 0 Å². The van der Waals surface area contributed by atoms with Gasteiger partial charge in [-0.05, 0) is 55.9 Å². The zero-order chi connectivity index (χ0) is 11.4. The summed E-state index contributed by atoms with van der Waals surface area (Å²) in [5, 5.41) is 2.95. The Hall–Kier alpha value is -1.57. The lowest BCUT2D eigenvalue weighted by molar-refractivity contribution is -0.111. The Kier molecular flexibility index (Phi) is 3.40. The predicted molar refractivity (Wildman–Crippen MR) is 66.5 cm³/mol. The van der Waals surface area contributed by atoms with Crippen molar-refractivity contribution in [3.05, 3.63) is 41.5 Å². The molecule has 84 valence electrons. The number of allylic oxidation sites excluding steroid dienone is 1. The van der Waals surface area contributed by atoms with Crippen molar-refractivity contribution in [2.45, 2.75) is 32.6 Å². The molecule has 1 aliphatic rings. The molecule has 0 radical (unpaired) electrons. The second-order valence-corrected chi connectivity index (χ2v) is 4.14. The third-order valence-electron chi connectivity index (χ3n) is 2.97. The van der Waals surface area contributed by atoms with Gasteiger partial charge in [0, 0.05) is 5.69 Å². The summed E-state index contributed by atoms with van der Waals surface area (Å²) < 4.78 is 0. The molecule has 16 heavy (non-hydrogen) atoms. The van der Waals surface area contributed by atoms with Gasteiger partial charge >= 0.3 is 0 Å². The van der Waals surface area contributed by atoms with Crippen LogP contribution < -0.4 is 5.32 Å². The third-order valence-corrected chi connectivity index (χ3v) is 2.97. The Morgan fingerprint density at radius 2 is 2.12 bits per heavy atom. The van der Waals surface area contributed by atoms with Crippen LogP contribution in [0.3, 0.4) is 0 Å². The Morgan fingerprint density at radius 3 is 2.94 bits per heavy atom. The number of carbonyl (C=O) groups excluding carboxylic acids is 1. The zero-order valence-electron chi connectivity index (χ0n) is 9.62. The lowest BCUT2D eigenvalue weighted by atomic mass is 9.90. The standard InChI is InChI=1S/C14H17NO/c1-2-6-14(16)15-13-10-5-8-11-7-3-4-9-12(11)13/h2,5-6,8,10H,3-4,7,9H2,1H3,(H,15,16). The molecule has 0 saturated heterocycles. The Bertz CT molecular complexity index is 421. The fourth-order valence-corrected chi connectivity index (χ4v) is 2.22. The molecule has 0 saturated carbocycles. The Balaban J connectivity index is 2.24. The largest absolute Gasteiger partial charge is 0.322 e. The van der Waals surface area contributed by atoms with E-state index in [4.69, 9.17) is 0 Å². The first kappa shape index (κ1) is 10.9.